The second-order valence-corrected chi connectivity index (χ2v) is 9.51. The van der Waals surface area contributed by atoms with E-state index in [9.17, 15) is 19.2 Å². The van der Waals surface area contributed by atoms with Crippen molar-refractivity contribution in [2.24, 2.45) is 5.73 Å². The number of oxazole rings is 2. The molecule has 0 saturated heterocycles. The predicted molar refractivity (Wildman–Crippen MR) is 168 cm³/mol. The maximum Gasteiger partial charge on any atom is 0.357 e. The van der Waals surface area contributed by atoms with Crippen LogP contribution in [0.2, 0.25) is 15.5 Å². The van der Waals surface area contributed by atoms with Gasteiger partial charge in [0.25, 0.3) is 0 Å². The lowest BCUT2D eigenvalue weighted by atomic mass is 10.3. The van der Waals surface area contributed by atoms with Gasteiger partial charge in [-0.3, -0.25) is 14.4 Å². The first kappa shape index (κ1) is 38.1. The fourth-order valence-electron chi connectivity index (χ4n) is 2.86. The fraction of sp³-hybridized carbons (Fsp3) is 0.138. The van der Waals surface area contributed by atoms with Gasteiger partial charge in [0.1, 0.15) is 39.7 Å². The average Bonchev–Trinajstić information content (AvgIpc) is 3.77. The Morgan fingerprint density at radius 3 is 1.66 bits per heavy atom. The van der Waals surface area contributed by atoms with E-state index in [1.165, 1.54) is 32.7 Å². The summed E-state index contributed by atoms with van der Waals surface area (Å²) in [6, 6.07) is 9.14. The zero-order valence-corrected chi connectivity index (χ0v) is 26.7. The van der Waals surface area contributed by atoms with Crippen LogP contribution in [0.15, 0.2) is 76.3 Å². The zero-order valence-electron chi connectivity index (χ0n) is 24.4. The van der Waals surface area contributed by atoms with Crippen LogP contribution in [-0.2, 0) is 9.53 Å². The second-order valence-electron chi connectivity index (χ2n) is 8.43. The zero-order chi connectivity index (χ0) is 34.9. The molecule has 0 fully saturated rings. The Bertz CT molecular complexity index is 1700. The van der Waals surface area contributed by atoms with Crippen molar-refractivity contribution in [1.29, 1.82) is 0 Å². The molecule has 1 unspecified atom stereocenters. The first-order chi connectivity index (χ1) is 22.4. The highest BCUT2D eigenvalue weighted by molar-refractivity contribution is 6.32. The summed E-state index contributed by atoms with van der Waals surface area (Å²) in [5.41, 5.74) is 6.59. The van der Waals surface area contributed by atoms with Crippen LogP contribution in [-0.4, -0.2) is 78.9 Å². The van der Waals surface area contributed by atoms with Crippen molar-refractivity contribution in [3.8, 4) is 22.9 Å². The minimum Gasteiger partial charge on any atom is -0.476 e. The van der Waals surface area contributed by atoms with Crippen molar-refractivity contribution in [2.75, 3.05) is 13.7 Å². The van der Waals surface area contributed by atoms with E-state index in [1.807, 2.05) is 0 Å². The number of carboxylic acids is 1. The number of aromatic carboxylic acids is 1. The van der Waals surface area contributed by atoms with E-state index in [0.29, 0.717) is 34.0 Å². The molecular weight excluding hydrogens is 683 g/mol. The number of aldehydes is 1. The predicted octanol–water partition coefficient (Wildman–Crippen LogP) is 4.71. The van der Waals surface area contributed by atoms with Crippen molar-refractivity contribution in [2.45, 2.75) is 13.0 Å². The van der Waals surface area contributed by atoms with Crippen molar-refractivity contribution in [1.82, 2.24) is 24.9 Å². The summed E-state index contributed by atoms with van der Waals surface area (Å²) in [6.45, 7) is 1.05. The first-order valence-electron chi connectivity index (χ1n) is 12.8. The Kier molecular flexibility index (Phi) is 15.8. The van der Waals surface area contributed by atoms with Crippen LogP contribution in [0.4, 0.5) is 0 Å². The summed E-state index contributed by atoms with van der Waals surface area (Å²) in [6.07, 6.45) is 7.67. The topological polar surface area (TPSA) is 235 Å². The third-order valence-electron chi connectivity index (χ3n) is 5.18. The third kappa shape index (κ3) is 12.0. The lowest BCUT2D eigenvalue weighted by molar-refractivity contribution is -0.143. The molecule has 0 spiro atoms. The molecule has 0 bridgehead atoms. The van der Waals surface area contributed by atoms with Crippen molar-refractivity contribution >= 4 is 58.8 Å². The Labute approximate surface area is 281 Å². The molecule has 5 aromatic heterocycles. The monoisotopic (exact) mass is 706 g/mol. The standard InChI is InChI=1S/C10H7ClN2O2.C9H5ClN2O3.C6H4ClNO.C4H9NO3/c1-6(14)8-5-15-10(13-8)7-3-2-4-12-9(7)11;10-7-5(2-1-3-11-7)8-12-6(4-15-8)9(13)14;7-6-5(4-9)2-1-3-8-6;1-8-4(7)3(5)2-6/h2-5H,1H3;1-4H,(H,13,14);1-4H;3,6H,2,5H2,1H3. The van der Waals surface area contributed by atoms with Gasteiger partial charge in [-0.25, -0.2) is 29.7 Å². The Morgan fingerprint density at radius 1 is 0.872 bits per heavy atom. The number of Topliss-reactive ketones (excluding diaryl/α,β-unsaturated/α-hetero) is 1. The molecule has 0 aliphatic carbocycles. The molecular formula is C29H25Cl3N6O9. The van der Waals surface area contributed by atoms with E-state index in [1.54, 1.807) is 42.6 Å². The summed E-state index contributed by atoms with van der Waals surface area (Å²) in [5, 5.41) is 17.6. The molecule has 5 rings (SSSR count). The number of carbonyl (C=O) groups is 4. The third-order valence-corrected chi connectivity index (χ3v) is 6.10. The number of carboxylic acid groups (broad SMARTS) is 1. The number of esters is 1. The number of aliphatic hydroxyl groups is 1. The molecule has 18 heteroatoms. The molecule has 15 nitrogen and oxygen atoms in total. The maximum atomic E-state index is 11.0. The van der Waals surface area contributed by atoms with Gasteiger partial charge in [-0.1, -0.05) is 34.8 Å². The smallest absolute Gasteiger partial charge is 0.357 e. The number of ketones is 1. The van der Waals surface area contributed by atoms with Gasteiger partial charge in [0.2, 0.25) is 11.8 Å². The van der Waals surface area contributed by atoms with E-state index in [4.69, 9.17) is 59.6 Å². The quantitative estimate of drug-likeness (QED) is 0.0899. The summed E-state index contributed by atoms with van der Waals surface area (Å²) in [4.78, 5) is 61.1. The summed E-state index contributed by atoms with van der Waals surface area (Å²) in [7, 11) is 1.22. The Hall–Kier alpha value is -5.06. The number of halogens is 3. The number of pyridine rings is 3. The average molecular weight is 708 g/mol. The number of hydrogen-bond donors (Lipinski definition) is 3. The van der Waals surface area contributed by atoms with Gasteiger partial charge in [-0.05, 0) is 36.4 Å². The normalized spacial score (nSPS) is 10.4. The molecule has 0 aromatic carbocycles. The Morgan fingerprint density at radius 2 is 1.34 bits per heavy atom. The van der Waals surface area contributed by atoms with E-state index < -0.39 is 18.0 Å². The molecule has 0 radical (unpaired) electrons. The lowest BCUT2D eigenvalue weighted by Gasteiger charge is -2.02. The van der Waals surface area contributed by atoms with Crippen LogP contribution in [0.5, 0.6) is 0 Å². The largest absolute Gasteiger partial charge is 0.476 e. The van der Waals surface area contributed by atoms with Crippen LogP contribution in [0.1, 0.15) is 38.3 Å². The van der Waals surface area contributed by atoms with E-state index in [-0.39, 0.29) is 40.0 Å². The molecule has 1 atom stereocenters. The molecule has 4 N–H and O–H groups in total. The van der Waals surface area contributed by atoms with E-state index in [0.717, 1.165) is 6.26 Å². The summed E-state index contributed by atoms with van der Waals surface area (Å²) < 4.78 is 14.3. The minimum absolute atomic E-state index is 0.144. The molecule has 0 aliphatic heterocycles. The van der Waals surface area contributed by atoms with Gasteiger partial charge < -0.3 is 29.5 Å². The number of carbonyl (C=O) groups excluding carboxylic acids is 3. The van der Waals surface area contributed by atoms with Gasteiger partial charge >= 0.3 is 11.9 Å². The van der Waals surface area contributed by atoms with Gasteiger partial charge in [-0.2, -0.15) is 0 Å². The van der Waals surface area contributed by atoms with E-state index >= 15 is 0 Å². The number of nitrogens with two attached hydrogens (primary N) is 1. The number of aromatic nitrogens is 5. The lowest BCUT2D eigenvalue weighted by Crippen LogP contribution is -2.34. The first-order valence-corrected chi connectivity index (χ1v) is 13.9. The highest BCUT2D eigenvalue weighted by atomic mass is 35.5. The number of rotatable bonds is 7. The summed E-state index contributed by atoms with van der Waals surface area (Å²) >= 11 is 17.1. The van der Waals surface area contributed by atoms with Crippen LogP contribution in [0.25, 0.3) is 22.9 Å². The molecule has 0 saturated carbocycles. The van der Waals surface area contributed by atoms with Crippen LogP contribution >= 0.6 is 34.8 Å². The fourth-order valence-corrected chi connectivity index (χ4v) is 3.42. The number of nitrogens with zero attached hydrogens (tertiary/aromatic N) is 5. The highest BCUT2D eigenvalue weighted by Crippen LogP contribution is 2.25. The Balaban J connectivity index is 0.000000227. The maximum absolute atomic E-state index is 11.0. The number of hydrogen-bond acceptors (Lipinski definition) is 14. The minimum atomic E-state index is -1.15. The summed E-state index contributed by atoms with van der Waals surface area (Å²) in [5.74, 6) is -1.44. The molecule has 5 aromatic rings. The number of ether oxygens (including phenoxy) is 1. The van der Waals surface area contributed by atoms with Gasteiger partial charge in [-0.15, -0.1) is 0 Å². The van der Waals surface area contributed by atoms with Crippen molar-refractivity contribution in [3.63, 3.8) is 0 Å². The molecule has 0 amide bonds. The SMILES string of the molecule is CC(=O)c1coc(-c2cccnc2Cl)n1.COC(=O)C(N)CO.O=C(O)c1coc(-c2cccnc2Cl)n1.O=Cc1cccnc1Cl. The molecule has 0 aliphatic rings. The van der Waals surface area contributed by atoms with Gasteiger partial charge in [0, 0.05) is 25.5 Å². The van der Waals surface area contributed by atoms with Gasteiger partial charge in [0.05, 0.1) is 30.4 Å². The molecule has 47 heavy (non-hydrogen) atoms. The number of methoxy groups -OCH3 is 1. The van der Waals surface area contributed by atoms with Crippen LogP contribution in [0, 0.1) is 0 Å². The molecule has 246 valence electrons. The van der Waals surface area contributed by atoms with Gasteiger partial charge in [0.15, 0.2) is 17.8 Å². The van der Waals surface area contributed by atoms with Crippen molar-refractivity contribution in [3.05, 3.63) is 99.9 Å². The highest BCUT2D eigenvalue weighted by Gasteiger charge is 2.15. The molecule has 5 heterocycles. The van der Waals surface area contributed by atoms with E-state index in [2.05, 4.69) is 29.7 Å². The van der Waals surface area contributed by atoms with Crippen molar-refractivity contribution < 1.29 is 43.0 Å². The van der Waals surface area contributed by atoms with Crippen LogP contribution in [0.3, 0.4) is 0 Å². The number of aliphatic hydroxyl groups excluding tert-OH is 1. The second kappa shape index (κ2) is 19.5. The van der Waals surface area contributed by atoms with Crippen LogP contribution < -0.4 is 5.73 Å².